The molecule has 0 spiro atoms. The molecule has 0 aromatic rings. The van der Waals surface area contributed by atoms with Gasteiger partial charge in [-0.05, 0) is 96.3 Å². The molecule has 2 unspecified atom stereocenters. The largest absolute Gasteiger partial charge is 0.477 e. The van der Waals surface area contributed by atoms with Gasteiger partial charge in [-0.2, -0.15) is 0 Å². The monoisotopic (exact) mass is 1410 g/mol. The Balaban J connectivity index is 3.94. The van der Waals surface area contributed by atoms with Crippen molar-refractivity contribution in [3.05, 3.63) is 97.2 Å². The molecule has 2 atom stereocenters. The highest BCUT2D eigenvalue weighted by Crippen LogP contribution is 2.20. The van der Waals surface area contributed by atoms with Crippen LogP contribution in [-0.4, -0.2) is 87.4 Å². The molecule has 0 saturated heterocycles. The number of rotatable bonds is 81. The van der Waals surface area contributed by atoms with Gasteiger partial charge in [-0.3, -0.25) is 9.59 Å². The average molecular weight is 1410 g/mol. The van der Waals surface area contributed by atoms with Crippen LogP contribution in [0.25, 0.3) is 0 Å². The lowest BCUT2D eigenvalue weighted by Crippen LogP contribution is -2.40. The summed E-state index contributed by atoms with van der Waals surface area (Å²) in [5.74, 6) is -1.98. The Morgan fingerprint density at radius 2 is 0.564 bits per heavy atom. The minimum Gasteiger partial charge on any atom is -0.477 e. The van der Waals surface area contributed by atoms with Crippen molar-refractivity contribution in [2.24, 2.45) is 0 Å². The highest BCUT2D eigenvalue weighted by molar-refractivity contribution is 5.71. The first-order chi connectivity index (χ1) is 49.6. The molecular weight excluding hydrogens is 1250 g/mol. The minimum atomic E-state index is -1.51. The van der Waals surface area contributed by atoms with Gasteiger partial charge in [-0.1, -0.05) is 400 Å². The Morgan fingerprint density at radius 1 is 0.307 bits per heavy atom. The van der Waals surface area contributed by atoms with Gasteiger partial charge in [0.05, 0.1) is 34.4 Å². The van der Waals surface area contributed by atoms with Crippen molar-refractivity contribution in [2.45, 2.75) is 424 Å². The number of hydrogen-bond acceptors (Lipinski definition) is 7. The van der Waals surface area contributed by atoms with Crippen molar-refractivity contribution >= 4 is 17.9 Å². The molecule has 0 bridgehead atoms. The summed E-state index contributed by atoms with van der Waals surface area (Å²) in [5.41, 5.74) is 0. The maximum absolute atomic E-state index is 13.0. The Morgan fingerprint density at radius 3 is 0.842 bits per heavy atom. The van der Waals surface area contributed by atoms with Crippen LogP contribution in [-0.2, 0) is 33.3 Å². The molecule has 1 N–H and O–H groups in total. The highest BCUT2D eigenvalue weighted by Gasteiger charge is 2.25. The van der Waals surface area contributed by atoms with Crippen LogP contribution in [0, 0.1) is 0 Å². The summed E-state index contributed by atoms with van der Waals surface area (Å²) >= 11 is 0. The summed E-state index contributed by atoms with van der Waals surface area (Å²) in [7, 11) is 6.00. The van der Waals surface area contributed by atoms with Crippen LogP contribution >= 0.6 is 0 Å². The number of unbranched alkanes of at least 4 members (excludes halogenated alkanes) is 50. The summed E-state index contributed by atoms with van der Waals surface area (Å²) in [5, 5.41) is 9.79. The third-order valence-electron chi connectivity index (χ3n) is 19.3. The molecule has 0 aliphatic carbocycles. The number of carboxylic acids is 1. The number of nitrogens with zero attached hydrogens (tertiary/aromatic N) is 1. The van der Waals surface area contributed by atoms with Gasteiger partial charge in [0.15, 0.2) is 6.10 Å². The van der Waals surface area contributed by atoms with Crippen molar-refractivity contribution in [3.63, 3.8) is 0 Å². The van der Waals surface area contributed by atoms with E-state index < -0.39 is 18.4 Å². The zero-order valence-corrected chi connectivity index (χ0v) is 67.3. The standard InChI is InChI=1S/C92H165NO8/c1-6-8-10-12-14-16-18-20-22-24-26-28-30-32-34-36-38-40-42-44-45-47-48-50-52-54-56-58-60-62-64-66-68-70-72-74-76-78-80-82-89(94)99-86-88(87-100-92(91(96)97)98-85-84-93(3,4)5)101-90(95)83-81-79-77-75-73-71-69-67-65-63-61-59-57-55-53-51-49-46-43-41-39-37-35-33-31-29-27-25-23-21-19-17-15-13-11-9-7-2/h9,11,15,17-18,20-21,23-24,26-27,29,33,35,39,41,88,92H,6-8,10,12-14,16,19,22,25,28,30-32,34,36-38,40,42-87H2,1-5H3/p+1/b11-9-,17-15-,20-18-,23-21-,26-24-,29-27-,35-33-,41-39-. The Labute approximate surface area is 626 Å². The van der Waals surface area contributed by atoms with Crippen LogP contribution in [0.4, 0.5) is 0 Å². The topological polar surface area (TPSA) is 108 Å². The van der Waals surface area contributed by atoms with E-state index in [0.717, 1.165) is 83.5 Å². The predicted octanol–water partition coefficient (Wildman–Crippen LogP) is 28.3. The lowest BCUT2D eigenvalue weighted by atomic mass is 10.0. The summed E-state index contributed by atoms with van der Waals surface area (Å²) in [4.78, 5) is 37.8. The molecule has 586 valence electrons. The van der Waals surface area contributed by atoms with E-state index in [2.05, 4.69) is 111 Å². The first-order valence-corrected chi connectivity index (χ1v) is 43.4. The van der Waals surface area contributed by atoms with Crippen molar-refractivity contribution < 1.29 is 42.9 Å². The van der Waals surface area contributed by atoms with Crippen molar-refractivity contribution in [1.29, 1.82) is 0 Å². The predicted molar refractivity (Wildman–Crippen MR) is 438 cm³/mol. The Bertz CT molecular complexity index is 1990. The third-order valence-corrected chi connectivity index (χ3v) is 19.3. The minimum absolute atomic E-state index is 0.179. The molecule has 0 rings (SSSR count). The number of aliphatic carboxylic acids is 1. The van der Waals surface area contributed by atoms with Crippen LogP contribution in [0.15, 0.2) is 97.2 Å². The van der Waals surface area contributed by atoms with Crippen molar-refractivity contribution in [3.8, 4) is 0 Å². The van der Waals surface area contributed by atoms with E-state index in [9.17, 15) is 19.5 Å². The van der Waals surface area contributed by atoms with E-state index in [1.165, 1.54) is 302 Å². The van der Waals surface area contributed by atoms with Crippen LogP contribution < -0.4 is 0 Å². The van der Waals surface area contributed by atoms with Gasteiger partial charge in [0.25, 0.3) is 6.29 Å². The van der Waals surface area contributed by atoms with Gasteiger partial charge in [0.1, 0.15) is 13.2 Å². The maximum atomic E-state index is 13.0. The van der Waals surface area contributed by atoms with E-state index in [-0.39, 0.29) is 38.2 Å². The number of quaternary nitrogens is 1. The van der Waals surface area contributed by atoms with Crippen LogP contribution in [0.1, 0.15) is 412 Å². The normalized spacial score (nSPS) is 13.1. The molecule has 0 aliphatic heterocycles. The number of likely N-dealkylation sites (N-methyl/N-ethyl adjacent to an activating group) is 1. The molecule has 0 saturated carbocycles. The van der Waals surface area contributed by atoms with Gasteiger partial charge >= 0.3 is 17.9 Å². The molecular formula is C92H166NO8+. The van der Waals surface area contributed by atoms with E-state index in [4.69, 9.17) is 18.9 Å². The van der Waals surface area contributed by atoms with Crippen LogP contribution in [0.5, 0.6) is 0 Å². The first kappa shape index (κ1) is 97.2. The zero-order chi connectivity index (χ0) is 73.2. The molecule has 0 aliphatic rings. The second-order valence-corrected chi connectivity index (χ2v) is 30.5. The summed E-state index contributed by atoms with van der Waals surface area (Å²) < 4.78 is 23.1. The van der Waals surface area contributed by atoms with Gasteiger partial charge < -0.3 is 28.5 Å². The molecule has 101 heavy (non-hydrogen) atoms. The van der Waals surface area contributed by atoms with Crippen molar-refractivity contribution in [1.82, 2.24) is 0 Å². The van der Waals surface area contributed by atoms with Crippen LogP contribution in [0.3, 0.4) is 0 Å². The highest BCUT2D eigenvalue weighted by atomic mass is 16.7. The van der Waals surface area contributed by atoms with Crippen molar-refractivity contribution in [2.75, 3.05) is 47.5 Å². The zero-order valence-electron chi connectivity index (χ0n) is 67.3. The van der Waals surface area contributed by atoms with E-state index in [1.54, 1.807) is 0 Å². The number of hydrogen-bond donors (Lipinski definition) is 1. The number of esters is 2. The summed E-state index contributed by atoms with van der Waals surface area (Å²) in [6, 6.07) is 0. The fourth-order valence-corrected chi connectivity index (χ4v) is 12.8. The Hall–Kier alpha value is -3.79. The van der Waals surface area contributed by atoms with Gasteiger partial charge in [0, 0.05) is 12.8 Å². The number of carbonyl (C=O) groups excluding carboxylic acids is 2. The molecule has 0 radical (unpaired) electrons. The quantitative estimate of drug-likeness (QED) is 0.0211. The molecule has 0 aromatic carbocycles. The number of carbonyl (C=O) groups is 3. The third kappa shape index (κ3) is 83.4. The number of carboxylic acid groups (broad SMARTS) is 1. The van der Waals surface area contributed by atoms with Gasteiger partial charge in [-0.15, -0.1) is 0 Å². The van der Waals surface area contributed by atoms with Crippen LogP contribution in [0.2, 0.25) is 0 Å². The Kier molecular flexibility index (Phi) is 78.8. The van der Waals surface area contributed by atoms with Gasteiger partial charge in [-0.25, -0.2) is 4.79 Å². The molecule has 0 amide bonds. The van der Waals surface area contributed by atoms with Gasteiger partial charge in [0.2, 0.25) is 0 Å². The SMILES string of the molecule is CC/C=C\C/C=C\C/C=C\C/C=C\C/C=C\C/C=C\CCCCCCCCCCCCCCCCCCCCC(=O)OC(COC(=O)CCCCCCCCCCCCCCCCCCCCCCCCCCCCC/C=C\C/C=C\CCCCCCC)COC(OCC[N+](C)(C)C)C(=O)O. The maximum Gasteiger partial charge on any atom is 0.361 e. The van der Waals surface area contributed by atoms with E-state index in [0.29, 0.717) is 17.4 Å². The fraction of sp³-hybridized carbons (Fsp3) is 0.793. The molecule has 0 heterocycles. The summed E-state index contributed by atoms with van der Waals surface area (Å²) in [6.07, 6.45) is 112. The molecule has 0 fully saturated rings. The van der Waals surface area contributed by atoms with E-state index >= 15 is 0 Å². The second-order valence-electron chi connectivity index (χ2n) is 30.5. The van der Waals surface area contributed by atoms with E-state index in [1.807, 2.05) is 21.1 Å². The number of allylic oxidation sites excluding steroid dienone is 16. The summed E-state index contributed by atoms with van der Waals surface area (Å²) in [6.45, 7) is 4.81. The smallest absolute Gasteiger partial charge is 0.361 e. The lowest BCUT2D eigenvalue weighted by Gasteiger charge is -2.25. The fourth-order valence-electron chi connectivity index (χ4n) is 12.8. The first-order valence-electron chi connectivity index (χ1n) is 43.4. The average Bonchev–Trinajstić information content (AvgIpc) is 1.25. The molecule has 9 nitrogen and oxygen atoms in total. The second kappa shape index (κ2) is 81.9. The number of ether oxygens (including phenoxy) is 4. The molecule has 9 heteroatoms. The molecule has 0 aromatic heterocycles. The lowest BCUT2D eigenvalue weighted by molar-refractivity contribution is -0.870.